The first-order valence-electron chi connectivity index (χ1n) is 7.93. The van der Waals surface area contributed by atoms with Gasteiger partial charge in [-0.1, -0.05) is 0 Å². The topological polar surface area (TPSA) is 77.1 Å². The lowest BCUT2D eigenvalue weighted by molar-refractivity contribution is -0.123. The molecule has 0 saturated carbocycles. The molecule has 1 heterocycles. The van der Waals surface area contributed by atoms with Gasteiger partial charge in [-0.15, -0.1) is 0 Å². The average molecular weight is 336 g/mol. The van der Waals surface area contributed by atoms with Crippen LogP contribution in [-0.2, 0) is 14.3 Å². The van der Waals surface area contributed by atoms with Crippen LogP contribution >= 0.6 is 0 Å². The Morgan fingerprint density at radius 1 is 1.29 bits per heavy atom. The Labute approximate surface area is 141 Å². The maximum atomic E-state index is 12.1. The molecule has 1 N–H and O–H groups in total. The van der Waals surface area contributed by atoms with Crippen LogP contribution in [0.4, 0.5) is 5.69 Å². The van der Waals surface area contributed by atoms with Crippen molar-refractivity contribution in [1.29, 1.82) is 0 Å². The van der Waals surface area contributed by atoms with E-state index in [1.165, 1.54) is 18.9 Å². The molecule has 0 aliphatic carbocycles. The molecule has 1 saturated heterocycles. The summed E-state index contributed by atoms with van der Waals surface area (Å²) in [7, 11) is 3.06. The Morgan fingerprint density at radius 3 is 2.62 bits per heavy atom. The summed E-state index contributed by atoms with van der Waals surface area (Å²) in [4.78, 5) is 25.5. The van der Waals surface area contributed by atoms with Gasteiger partial charge in [-0.05, 0) is 25.0 Å². The molecule has 0 bridgehead atoms. The largest absolute Gasteiger partial charge is 0.493 e. The van der Waals surface area contributed by atoms with Crippen LogP contribution in [0.2, 0.25) is 0 Å². The monoisotopic (exact) mass is 336 g/mol. The van der Waals surface area contributed by atoms with E-state index in [0.29, 0.717) is 23.7 Å². The van der Waals surface area contributed by atoms with Crippen molar-refractivity contribution in [2.45, 2.75) is 25.9 Å². The third kappa shape index (κ3) is 4.61. The van der Waals surface area contributed by atoms with E-state index in [4.69, 9.17) is 14.2 Å². The molecule has 1 aliphatic rings. The number of nitrogens with zero attached hydrogens (tertiary/aromatic N) is 1. The lowest BCUT2D eigenvalue weighted by Crippen LogP contribution is -2.42. The van der Waals surface area contributed by atoms with E-state index in [-0.39, 0.29) is 24.5 Å². The van der Waals surface area contributed by atoms with Gasteiger partial charge in [0.2, 0.25) is 11.8 Å². The first-order valence-corrected chi connectivity index (χ1v) is 7.93. The molecule has 1 aliphatic heterocycles. The molecular formula is C17H24N2O5. The lowest BCUT2D eigenvalue weighted by Gasteiger charge is -2.22. The van der Waals surface area contributed by atoms with Gasteiger partial charge in [0.1, 0.15) is 6.54 Å². The number of carbonyl (C=O) groups is 2. The molecule has 132 valence electrons. The minimum Gasteiger partial charge on any atom is -0.493 e. The standard InChI is InChI=1S/C17H24N2O5/c1-12(20)19(11-17(21)18-10-14-5-4-8-24-14)13-6-7-15(22-2)16(9-13)23-3/h6-7,9,14H,4-5,8,10-11H2,1-3H3,(H,18,21). The summed E-state index contributed by atoms with van der Waals surface area (Å²) < 4.78 is 15.9. The number of hydrogen-bond acceptors (Lipinski definition) is 5. The molecule has 2 amide bonds. The van der Waals surface area contributed by atoms with Gasteiger partial charge in [-0.3, -0.25) is 9.59 Å². The highest BCUT2D eigenvalue weighted by molar-refractivity contribution is 5.97. The van der Waals surface area contributed by atoms with Crippen molar-refractivity contribution in [3.05, 3.63) is 18.2 Å². The van der Waals surface area contributed by atoms with Crippen molar-refractivity contribution in [3.8, 4) is 11.5 Å². The second kappa shape index (κ2) is 8.54. The van der Waals surface area contributed by atoms with Crippen LogP contribution in [0.15, 0.2) is 18.2 Å². The average Bonchev–Trinajstić information content (AvgIpc) is 3.10. The molecule has 0 radical (unpaired) electrons. The number of methoxy groups -OCH3 is 2. The summed E-state index contributed by atoms with van der Waals surface area (Å²) >= 11 is 0. The molecule has 1 aromatic carbocycles. The van der Waals surface area contributed by atoms with Gasteiger partial charge in [-0.25, -0.2) is 0 Å². The van der Waals surface area contributed by atoms with E-state index in [0.717, 1.165) is 19.4 Å². The van der Waals surface area contributed by atoms with E-state index in [2.05, 4.69) is 5.32 Å². The van der Waals surface area contributed by atoms with Gasteiger partial charge >= 0.3 is 0 Å². The van der Waals surface area contributed by atoms with Crippen LogP contribution in [0.1, 0.15) is 19.8 Å². The van der Waals surface area contributed by atoms with E-state index < -0.39 is 0 Å². The van der Waals surface area contributed by atoms with Gasteiger partial charge in [0, 0.05) is 31.8 Å². The fourth-order valence-electron chi connectivity index (χ4n) is 2.61. The summed E-state index contributed by atoms with van der Waals surface area (Å²) in [5.74, 6) is 0.610. The molecule has 1 atom stereocenters. The number of carbonyl (C=O) groups excluding carboxylic acids is 2. The van der Waals surface area contributed by atoms with Crippen LogP contribution < -0.4 is 19.7 Å². The highest BCUT2D eigenvalue weighted by atomic mass is 16.5. The van der Waals surface area contributed by atoms with Gasteiger partial charge in [0.15, 0.2) is 11.5 Å². The first kappa shape index (κ1) is 18.1. The van der Waals surface area contributed by atoms with E-state index in [9.17, 15) is 9.59 Å². The second-order valence-corrected chi connectivity index (χ2v) is 5.58. The SMILES string of the molecule is COc1ccc(N(CC(=O)NCC2CCCO2)C(C)=O)cc1OC. The Kier molecular flexibility index (Phi) is 6.43. The summed E-state index contributed by atoms with van der Waals surface area (Å²) in [6.45, 7) is 2.57. The number of benzene rings is 1. The zero-order chi connectivity index (χ0) is 17.5. The molecule has 1 aromatic rings. The number of amides is 2. The van der Waals surface area contributed by atoms with Gasteiger partial charge in [-0.2, -0.15) is 0 Å². The van der Waals surface area contributed by atoms with Gasteiger partial charge < -0.3 is 24.4 Å². The zero-order valence-electron chi connectivity index (χ0n) is 14.3. The van der Waals surface area contributed by atoms with Crippen LogP contribution in [0.25, 0.3) is 0 Å². The molecule has 24 heavy (non-hydrogen) atoms. The summed E-state index contributed by atoms with van der Waals surface area (Å²) in [6.07, 6.45) is 2.04. The van der Waals surface area contributed by atoms with E-state index >= 15 is 0 Å². The van der Waals surface area contributed by atoms with E-state index in [1.807, 2.05) is 0 Å². The van der Waals surface area contributed by atoms with Crippen molar-refractivity contribution < 1.29 is 23.8 Å². The minimum atomic E-state index is -0.227. The fraction of sp³-hybridized carbons (Fsp3) is 0.529. The molecule has 1 fully saturated rings. The van der Waals surface area contributed by atoms with Crippen LogP contribution in [0.5, 0.6) is 11.5 Å². The molecular weight excluding hydrogens is 312 g/mol. The summed E-state index contributed by atoms with van der Waals surface area (Å²) in [5, 5.41) is 2.82. The Bertz CT molecular complexity index is 584. The first-order chi connectivity index (χ1) is 11.5. The normalized spacial score (nSPS) is 16.5. The zero-order valence-corrected chi connectivity index (χ0v) is 14.3. The maximum Gasteiger partial charge on any atom is 0.240 e. The van der Waals surface area contributed by atoms with E-state index in [1.54, 1.807) is 25.3 Å². The molecule has 2 rings (SSSR count). The molecule has 0 spiro atoms. The number of anilines is 1. The van der Waals surface area contributed by atoms with Crippen molar-refractivity contribution >= 4 is 17.5 Å². The Hall–Kier alpha value is -2.28. The fourth-order valence-corrected chi connectivity index (χ4v) is 2.61. The highest BCUT2D eigenvalue weighted by Gasteiger charge is 2.20. The quantitative estimate of drug-likeness (QED) is 0.813. The predicted molar refractivity (Wildman–Crippen MR) is 89.6 cm³/mol. The second-order valence-electron chi connectivity index (χ2n) is 5.58. The highest BCUT2D eigenvalue weighted by Crippen LogP contribution is 2.31. The molecule has 7 nitrogen and oxygen atoms in total. The third-order valence-electron chi connectivity index (χ3n) is 3.91. The number of rotatable bonds is 7. The van der Waals surface area contributed by atoms with Crippen molar-refractivity contribution in [3.63, 3.8) is 0 Å². The van der Waals surface area contributed by atoms with Crippen LogP contribution in [-0.4, -0.2) is 51.8 Å². The smallest absolute Gasteiger partial charge is 0.240 e. The van der Waals surface area contributed by atoms with Crippen molar-refractivity contribution in [2.24, 2.45) is 0 Å². The number of nitrogens with one attached hydrogen (secondary N) is 1. The van der Waals surface area contributed by atoms with Crippen LogP contribution in [0, 0.1) is 0 Å². The minimum absolute atomic E-state index is 0.0580. The van der Waals surface area contributed by atoms with Gasteiger partial charge in [0.05, 0.1) is 20.3 Å². The lowest BCUT2D eigenvalue weighted by atomic mass is 10.2. The molecule has 0 aromatic heterocycles. The number of ether oxygens (including phenoxy) is 3. The Balaban J connectivity index is 2.03. The predicted octanol–water partition coefficient (Wildman–Crippen LogP) is 1.35. The van der Waals surface area contributed by atoms with Crippen molar-refractivity contribution in [1.82, 2.24) is 5.32 Å². The van der Waals surface area contributed by atoms with Crippen molar-refractivity contribution in [2.75, 3.05) is 38.8 Å². The molecule has 1 unspecified atom stereocenters. The maximum absolute atomic E-state index is 12.1. The number of hydrogen-bond donors (Lipinski definition) is 1. The molecule has 7 heteroatoms. The van der Waals surface area contributed by atoms with Crippen LogP contribution in [0.3, 0.4) is 0 Å². The third-order valence-corrected chi connectivity index (χ3v) is 3.91. The summed E-state index contributed by atoms with van der Waals surface area (Å²) in [6, 6.07) is 5.10. The summed E-state index contributed by atoms with van der Waals surface area (Å²) in [5.41, 5.74) is 0.576. The van der Waals surface area contributed by atoms with Gasteiger partial charge in [0.25, 0.3) is 0 Å². The Morgan fingerprint density at radius 2 is 2.04 bits per heavy atom.